The van der Waals surface area contributed by atoms with E-state index in [1.54, 1.807) is 42.1 Å². The molecule has 35 heavy (non-hydrogen) atoms. The van der Waals surface area contributed by atoms with Crippen molar-refractivity contribution in [3.8, 4) is 11.4 Å². The zero-order chi connectivity index (χ0) is 25.3. The molecule has 3 aromatic carbocycles. The zero-order valence-corrected chi connectivity index (χ0v) is 20.5. The highest BCUT2D eigenvalue weighted by molar-refractivity contribution is 5.82. The van der Waals surface area contributed by atoms with Gasteiger partial charge < -0.3 is 10.1 Å². The summed E-state index contributed by atoms with van der Waals surface area (Å²) < 4.78 is 35.8. The van der Waals surface area contributed by atoms with Crippen LogP contribution < -0.4 is 10.1 Å². The van der Waals surface area contributed by atoms with Crippen molar-refractivity contribution < 1.29 is 18.3 Å². The Bertz CT molecular complexity index is 1360. The third kappa shape index (κ3) is 5.34. The quantitative estimate of drug-likeness (QED) is 0.355. The van der Waals surface area contributed by atoms with E-state index in [0.29, 0.717) is 16.9 Å². The predicted molar refractivity (Wildman–Crippen MR) is 133 cm³/mol. The van der Waals surface area contributed by atoms with Gasteiger partial charge in [-0.1, -0.05) is 32.9 Å². The van der Waals surface area contributed by atoms with Crippen molar-refractivity contribution in [2.24, 2.45) is 5.41 Å². The molecule has 7 heteroatoms. The number of carbonyl (C=O) groups is 1. The highest BCUT2D eigenvalue weighted by atomic mass is 19.1. The summed E-state index contributed by atoms with van der Waals surface area (Å²) in [5.74, 6) is -0.213. The van der Waals surface area contributed by atoms with Gasteiger partial charge in [0.15, 0.2) is 0 Å². The van der Waals surface area contributed by atoms with Crippen LogP contribution in [0.25, 0.3) is 16.6 Å². The van der Waals surface area contributed by atoms with Gasteiger partial charge >= 0.3 is 0 Å². The van der Waals surface area contributed by atoms with Crippen LogP contribution in [0.5, 0.6) is 5.75 Å². The van der Waals surface area contributed by atoms with Crippen LogP contribution in [0.15, 0.2) is 66.9 Å². The van der Waals surface area contributed by atoms with Crippen molar-refractivity contribution in [2.45, 2.75) is 46.8 Å². The number of aromatic nitrogens is 2. The number of amides is 1. The minimum Gasteiger partial charge on any atom is -0.484 e. The largest absolute Gasteiger partial charge is 0.484 e. The number of benzene rings is 3. The summed E-state index contributed by atoms with van der Waals surface area (Å²) in [4.78, 5) is 12.6. The Morgan fingerprint density at radius 1 is 1.03 bits per heavy atom. The summed E-state index contributed by atoms with van der Waals surface area (Å²) >= 11 is 0. The van der Waals surface area contributed by atoms with Gasteiger partial charge in [0.2, 0.25) is 5.91 Å². The Labute approximate surface area is 203 Å². The van der Waals surface area contributed by atoms with Crippen LogP contribution in [0.3, 0.4) is 0 Å². The molecule has 0 aliphatic carbocycles. The Morgan fingerprint density at radius 2 is 1.74 bits per heavy atom. The van der Waals surface area contributed by atoms with Gasteiger partial charge in [-0.3, -0.25) is 4.79 Å². The van der Waals surface area contributed by atoms with Gasteiger partial charge in [-0.25, -0.2) is 13.5 Å². The maximum absolute atomic E-state index is 14.4. The first kappa shape index (κ1) is 24.4. The first-order valence-electron chi connectivity index (χ1n) is 11.5. The van der Waals surface area contributed by atoms with E-state index in [0.717, 1.165) is 16.6 Å². The summed E-state index contributed by atoms with van der Waals surface area (Å²) in [6, 6.07) is 16.2. The fourth-order valence-electron chi connectivity index (χ4n) is 3.76. The molecule has 5 nitrogen and oxygen atoms in total. The predicted octanol–water partition coefficient (Wildman–Crippen LogP) is 6.28. The average Bonchev–Trinajstić information content (AvgIpc) is 3.22. The number of aryl methyl sites for hydroxylation is 1. The molecule has 0 spiro atoms. The topological polar surface area (TPSA) is 56.1 Å². The standard InChI is InChI=1S/C28H29F2N3O2/c1-17-6-7-19(15-24(17)30)26(18(2)32-27(34)28(3,4)5)35-23-12-13-25-20(14-23)16-31-33(25)22-10-8-21(29)9-11-22/h6-16,18,26H,1-5H3,(H,32,34)/t18-,26-/m0/s1. The number of hydrogen-bond donors (Lipinski definition) is 1. The lowest BCUT2D eigenvalue weighted by molar-refractivity contribution is -0.129. The van der Waals surface area contributed by atoms with Crippen LogP contribution in [0.1, 0.15) is 44.9 Å². The van der Waals surface area contributed by atoms with E-state index in [9.17, 15) is 13.6 Å². The molecule has 1 heterocycles. The fourth-order valence-corrected chi connectivity index (χ4v) is 3.76. The number of carbonyl (C=O) groups excluding carboxylic acids is 1. The number of hydrogen-bond acceptors (Lipinski definition) is 3. The van der Waals surface area contributed by atoms with E-state index in [2.05, 4.69) is 10.4 Å². The third-order valence-electron chi connectivity index (χ3n) is 5.89. The van der Waals surface area contributed by atoms with Crippen molar-refractivity contribution in [3.05, 3.63) is 89.6 Å². The Kier molecular flexibility index (Phi) is 6.61. The molecule has 0 aliphatic rings. The Balaban J connectivity index is 1.66. The summed E-state index contributed by atoms with van der Waals surface area (Å²) in [6.45, 7) is 9.05. The van der Waals surface area contributed by atoms with Gasteiger partial charge in [0.1, 0.15) is 23.5 Å². The van der Waals surface area contributed by atoms with Gasteiger partial charge in [0.25, 0.3) is 0 Å². The lowest BCUT2D eigenvalue weighted by Crippen LogP contribution is -2.44. The molecule has 0 saturated heterocycles. The van der Waals surface area contributed by atoms with Gasteiger partial charge in [0, 0.05) is 10.8 Å². The third-order valence-corrected chi connectivity index (χ3v) is 5.89. The van der Waals surface area contributed by atoms with Crippen LogP contribution in [-0.4, -0.2) is 21.7 Å². The Hall–Kier alpha value is -3.74. The maximum Gasteiger partial charge on any atom is 0.225 e. The highest BCUT2D eigenvalue weighted by Gasteiger charge is 2.28. The van der Waals surface area contributed by atoms with E-state index in [4.69, 9.17) is 4.74 Å². The number of ether oxygens (including phenoxy) is 1. The molecule has 1 aromatic heterocycles. The number of nitrogens with zero attached hydrogens (tertiary/aromatic N) is 2. The number of halogens is 2. The van der Waals surface area contributed by atoms with Gasteiger partial charge in [-0.15, -0.1) is 0 Å². The molecule has 0 unspecified atom stereocenters. The summed E-state index contributed by atoms with van der Waals surface area (Å²) in [7, 11) is 0. The minimum atomic E-state index is -0.624. The van der Waals surface area contributed by atoms with E-state index in [1.165, 1.54) is 18.2 Å². The second kappa shape index (κ2) is 9.49. The molecule has 0 radical (unpaired) electrons. The van der Waals surface area contributed by atoms with Gasteiger partial charge in [-0.05, 0) is 73.5 Å². The summed E-state index contributed by atoms with van der Waals surface area (Å²) in [5.41, 5.74) is 2.15. The number of rotatable bonds is 6. The second-order valence-corrected chi connectivity index (χ2v) is 9.81. The van der Waals surface area contributed by atoms with E-state index in [-0.39, 0.29) is 17.5 Å². The van der Waals surface area contributed by atoms with Crippen molar-refractivity contribution in [3.63, 3.8) is 0 Å². The molecule has 0 fully saturated rings. The lowest BCUT2D eigenvalue weighted by atomic mass is 9.94. The molecule has 2 atom stereocenters. The Morgan fingerprint density at radius 3 is 2.40 bits per heavy atom. The maximum atomic E-state index is 14.4. The van der Waals surface area contributed by atoms with Crippen molar-refractivity contribution in [2.75, 3.05) is 0 Å². The van der Waals surface area contributed by atoms with Crippen LogP contribution in [0.2, 0.25) is 0 Å². The molecule has 0 saturated carbocycles. The van der Waals surface area contributed by atoms with E-state index >= 15 is 0 Å². The molecule has 4 aromatic rings. The first-order chi connectivity index (χ1) is 16.5. The number of fused-ring (bicyclic) bond motifs is 1. The molecule has 182 valence electrons. The van der Waals surface area contributed by atoms with Crippen molar-refractivity contribution in [1.29, 1.82) is 0 Å². The number of nitrogens with one attached hydrogen (secondary N) is 1. The minimum absolute atomic E-state index is 0.123. The molecule has 0 aliphatic heterocycles. The fraction of sp³-hybridized carbons (Fsp3) is 0.286. The van der Waals surface area contributed by atoms with Crippen LogP contribution in [0.4, 0.5) is 8.78 Å². The smallest absolute Gasteiger partial charge is 0.225 e. The second-order valence-electron chi connectivity index (χ2n) is 9.81. The molecule has 1 amide bonds. The monoisotopic (exact) mass is 477 g/mol. The summed E-state index contributed by atoms with van der Waals surface area (Å²) in [6.07, 6.45) is 1.08. The van der Waals surface area contributed by atoms with Crippen LogP contribution >= 0.6 is 0 Å². The summed E-state index contributed by atoms with van der Waals surface area (Å²) in [5, 5.41) is 8.26. The van der Waals surface area contributed by atoms with Crippen molar-refractivity contribution >= 4 is 16.8 Å². The highest BCUT2D eigenvalue weighted by Crippen LogP contribution is 2.30. The lowest BCUT2D eigenvalue weighted by Gasteiger charge is -2.29. The van der Waals surface area contributed by atoms with Crippen LogP contribution in [-0.2, 0) is 4.79 Å². The molecular formula is C28H29F2N3O2. The first-order valence-corrected chi connectivity index (χ1v) is 11.5. The van der Waals surface area contributed by atoms with E-state index < -0.39 is 17.6 Å². The normalized spacial score (nSPS) is 13.5. The molecule has 4 rings (SSSR count). The van der Waals surface area contributed by atoms with Gasteiger partial charge in [0.05, 0.1) is 23.4 Å². The van der Waals surface area contributed by atoms with Crippen molar-refractivity contribution in [1.82, 2.24) is 15.1 Å². The average molecular weight is 478 g/mol. The zero-order valence-electron chi connectivity index (χ0n) is 20.5. The van der Waals surface area contributed by atoms with E-state index in [1.807, 2.05) is 45.9 Å². The van der Waals surface area contributed by atoms with Crippen LogP contribution in [0, 0.1) is 24.0 Å². The molecule has 1 N–H and O–H groups in total. The SMILES string of the molecule is Cc1ccc([C@@H](Oc2ccc3c(cnn3-c3ccc(F)cc3)c2)[C@H](C)NC(=O)C(C)(C)C)cc1F. The molecule has 0 bridgehead atoms. The van der Waals surface area contributed by atoms with Gasteiger partial charge in [-0.2, -0.15) is 5.10 Å². The molecular weight excluding hydrogens is 448 g/mol.